The molecule has 4 nitrogen and oxygen atoms in total. The van der Waals surface area contributed by atoms with E-state index in [9.17, 15) is 9.90 Å². The van der Waals surface area contributed by atoms with Crippen LogP contribution < -0.4 is 5.32 Å². The molecule has 0 amide bonds. The summed E-state index contributed by atoms with van der Waals surface area (Å²) in [4.78, 5) is 10.8. The van der Waals surface area contributed by atoms with Gasteiger partial charge in [-0.3, -0.25) is 0 Å². The Bertz CT molecular complexity index is 593. The number of nitrogens with one attached hydrogen (secondary N) is 1. The Morgan fingerprint density at radius 1 is 1.15 bits per heavy atom. The molecule has 2 aromatic rings. The van der Waals surface area contributed by atoms with Gasteiger partial charge in [0.25, 0.3) is 0 Å². The first-order valence-electron chi connectivity index (χ1n) is 6.49. The second kappa shape index (κ2) is 6.10. The van der Waals surface area contributed by atoms with Gasteiger partial charge in [-0.25, -0.2) is 4.79 Å². The summed E-state index contributed by atoms with van der Waals surface area (Å²) in [6, 6.07) is 13.8. The highest BCUT2D eigenvalue weighted by molar-refractivity contribution is 5.88. The van der Waals surface area contributed by atoms with Crippen LogP contribution in [0.15, 0.2) is 48.5 Å². The van der Waals surface area contributed by atoms with E-state index in [2.05, 4.69) is 5.32 Å². The third-order valence-corrected chi connectivity index (χ3v) is 3.19. The van der Waals surface area contributed by atoms with Crippen molar-refractivity contribution in [3.8, 4) is 5.75 Å². The van der Waals surface area contributed by atoms with Gasteiger partial charge < -0.3 is 15.5 Å². The number of carboxylic acid groups (broad SMARTS) is 1. The summed E-state index contributed by atoms with van der Waals surface area (Å²) in [5.74, 6) is -0.682. The van der Waals surface area contributed by atoms with E-state index in [0.717, 1.165) is 17.7 Å². The number of aromatic carboxylic acids is 1. The zero-order valence-corrected chi connectivity index (χ0v) is 11.2. The van der Waals surface area contributed by atoms with Crippen molar-refractivity contribution < 1.29 is 15.0 Å². The summed E-state index contributed by atoms with van der Waals surface area (Å²) in [5.41, 5.74) is 1.91. The minimum absolute atomic E-state index is 0.0214. The van der Waals surface area contributed by atoms with E-state index < -0.39 is 5.97 Å². The molecule has 0 radical (unpaired) electrons. The molecule has 1 atom stereocenters. The molecule has 1 unspecified atom stereocenters. The first-order valence-corrected chi connectivity index (χ1v) is 6.49. The molecule has 4 heteroatoms. The standard InChI is InChI=1S/C16H17NO3/c1-2-14(13-5-3-4-6-15(13)18)17-12-9-7-11(8-10-12)16(19)20/h3-10,14,17-18H,2H2,1H3,(H,19,20). The van der Waals surface area contributed by atoms with Crippen LogP contribution in [0.5, 0.6) is 5.75 Å². The van der Waals surface area contributed by atoms with Gasteiger partial charge in [-0.05, 0) is 36.8 Å². The van der Waals surface area contributed by atoms with E-state index >= 15 is 0 Å². The van der Waals surface area contributed by atoms with Crippen LogP contribution >= 0.6 is 0 Å². The van der Waals surface area contributed by atoms with Crippen LogP contribution in [-0.2, 0) is 0 Å². The number of carboxylic acids is 1. The van der Waals surface area contributed by atoms with Crippen molar-refractivity contribution in [2.24, 2.45) is 0 Å². The predicted octanol–water partition coefficient (Wildman–Crippen LogP) is 3.65. The van der Waals surface area contributed by atoms with Crippen LogP contribution in [0.3, 0.4) is 0 Å². The number of carbonyl (C=O) groups is 1. The Kier molecular flexibility index (Phi) is 4.25. The van der Waals surface area contributed by atoms with Gasteiger partial charge >= 0.3 is 5.97 Å². The molecule has 2 aromatic carbocycles. The molecule has 0 saturated carbocycles. The number of aromatic hydroxyl groups is 1. The van der Waals surface area contributed by atoms with Gasteiger partial charge in [-0.1, -0.05) is 25.1 Å². The van der Waals surface area contributed by atoms with E-state index in [1.54, 1.807) is 36.4 Å². The summed E-state index contributed by atoms with van der Waals surface area (Å²) in [6.45, 7) is 2.02. The molecule has 104 valence electrons. The number of hydrogen-bond acceptors (Lipinski definition) is 3. The lowest BCUT2D eigenvalue weighted by atomic mass is 10.0. The minimum Gasteiger partial charge on any atom is -0.508 e. The highest BCUT2D eigenvalue weighted by Gasteiger charge is 2.13. The highest BCUT2D eigenvalue weighted by atomic mass is 16.4. The predicted molar refractivity (Wildman–Crippen MR) is 78.2 cm³/mol. The minimum atomic E-state index is -0.940. The maximum atomic E-state index is 10.8. The topological polar surface area (TPSA) is 69.6 Å². The van der Waals surface area contributed by atoms with Crippen molar-refractivity contribution in [3.05, 3.63) is 59.7 Å². The highest BCUT2D eigenvalue weighted by Crippen LogP contribution is 2.29. The van der Waals surface area contributed by atoms with Crippen LogP contribution in [0.4, 0.5) is 5.69 Å². The molecule has 0 aromatic heterocycles. The number of para-hydroxylation sites is 1. The monoisotopic (exact) mass is 271 g/mol. The molecule has 0 bridgehead atoms. The van der Waals surface area contributed by atoms with Crippen LogP contribution in [-0.4, -0.2) is 16.2 Å². The van der Waals surface area contributed by atoms with Crippen molar-refractivity contribution in [2.75, 3.05) is 5.32 Å². The smallest absolute Gasteiger partial charge is 0.335 e. The van der Waals surface area contributed by atoms with Gasteiger partial charge in [0.1, 0.15) is 5.75 Å². The molecule has 3 N–H and O–H groups in total. The lowest BCUT2D eigenvalue weighted by molar-refractivity contribution is 0.0697. The summed E-state index contributed by atoms with van der Waals surface area (Å²) < 4.78 is 0. The van der Waals surface area contributed by atoms with Gasteiger partial charge in [0.15, 0.2) is 0 Å². The van der Waals surface area contributed by atoms with E-state index in [1.165, 1.54) is 0 Å². The van der Waals surface area contributed by atoms with Crippen molar-refractivity contribution in [1.82, 2.24) is 0 Å². The number of benzene rings is 2. The van der Waals surface area contributed by atoms with Gasteiger partial charge in [0, 0.05) is 11.3 Å². The third-order valence-electron chi connectivity index (χ3n) is 3.19. The Labute approximate surface area is 117 Å². The van der Waals surface area contributed by atoms with Gasteiger partial charge in [0.2, 0.25) is 0 Å². The second-order valence-corrected chi connectivity index (χ2v) is 4.55. The first-order chi connectivity index (χ1) is 9.61. The number of rotatable bonds is 5. The zero-order valence-electron chi connectivity index (χ0n) is 11.2. The summed E-state index contributed by atoms with van der Waals surface area (Å²) in [6.07, 6.45) is 0.804. The molecule has 0 aliphatic carbocycles. The SMILES string of the molecule is CCC(Nc1ccc(C(=O)O)cc1)c1ccccc1O. The summed E-state index contributed by atoms with van der Waals surface area (Å²) in [7, 11) is 0. The number of phenols is 1. The molecule has 2 rings (SSSR count). The van der Waals surface area contributed by atoms with E-state index in [4.69, 9.17) is 5.11 Å². The quantitative estimate of drug-likeness (QED) is 0.776. The molecular weight excluding hydrogens is 254 g/mol. The van der Waals surface area contributed by atoms with Crippen LogP contribution in [0.25, 0.3) is 0 Å². The fourth-order valence-corrected chi connectivity index (χ4v) is 2.09. The Balaban J connectivity index is 2.18. The second-order valence-electron chi connectivity index (χ2n) is 4.55. The summed E-state index contributed by atoms with van der Waals surface area (Å²) in [5, 5.41) is 22.1. The lowest BCUT2D eigenvalue weighted by Crippen LogP contribution is -2.10. The largest absolute Gasteiger partial charge is 0.508 e. The molecule has 0 spiro atoms. The fourth-order valence-electron chi connectivity index (χ4n) is 2.09. The fraction of sp³-hybridized carbons (Fsp3) is 0.188. The molecule has 0 aliphatic heterocycles. The van der Waals surface area contributed by atoms with Crippen molar-refractivity contribution in [1.29, 1.82) is 0 Å². The van der Waals surface area contributed by atoms with E-state index in [0.29, 0.717) is 0 Å². The van der Waals surface area contributed by atoms with Crippen LogP contribution in [0.1, 0.15) is 35.3 Å². The normalized spacial score (nSPS) is 11.8. The zero-order chi connectivity index (χ0) is 14.5. The number of hydrogen-bond donors (Lipinski definition) is 3. The maximum absolute atomic E-state index is 10.8. The number of anilines is 1. The Hall–Kier alpha value is -2.49. The maximum Gasteiger partial charge on any atom is 0.335 e. The molecule has 20 heavy (non-hydrogen) atoms. The van der Waals surface area contributed by atoms with Crippen molar-refractivity contribution >= 4 is 11.7 Å². The van der Waals surface area contributed by atoms with Gasteiger partial charge in [0.05, 0.1) is 11.6 Å². The molecule has 0 aliphatic rings. The Morgan fingerprint density at radius 2 is 1.80 bits per heavy atom. The van der Waals surface area contributed by atoms with E-state index in [1.807, 2.05) is 19.1 Å². The lowest BCUT2D eigenvalue weighted by Gasteiger charge is -2.19. The van der Waals surface area contributed by atoms with Crippen LogP contribution in [0.2, 0.25) is 0 Å². The van der Waals surface area contributed by atoms with Crippen LogP contribution in [0, 0.1) is 0 Å². The van der Waals surface area contributed by atoms with Crippen molar-refractivity contribution in [3.63, 3.8) is 0 Å². The average molecular weight is 271 g/mol. The van der Waals surface area contributed by atoms with Gasteiger partial charge in [-0.2, -0.15) is 0 Å². The Morgan fingerprint density at radius 3 is 2.35 bits per heavy atom. The average Bonchev–Trinajstić information content (AvgIpc) is 2.46. The molecule has 0 fully saturated rings. The molecular formula is C16H17NO3. The van der Waals surface area contributed by atoms with Crippen molar-refractivity contribution in [2.45, 2.75) is 19.4 Å². The van der Waals surface area contributed by atoms with Gasteiger partial charge in [-0.15, -0.1) is 0 Å². The summed E-state index contributed by atoms with van der Waals surface area (Å²) >= 11 is 0. The number of phenolic OH excluding ortho intramolecular Hbond substituents is 1. The van der Waals surface area contributed by atoms with E-state index in [-0.39, 0.29) is 17.4 Å². The molecule has 0 saturated heterocycles. The molecule has 0 heterocycles. The first kappa shape index (κ1) is 13.9. The third kappa shape index (κ3) is 3.09.